The summed E-state index contributed by atoms with van der Waals surface area (Å²) in [7, 11) is 1.46. The van der Waals surface area contributed by atoms with Crippen LogP contribution in [-0.4, -0.2) is 28.2 Å². The first kappa shape index (κ1) is 15.0. The Labute approximate surface area is 121 Å². The van der Waals surface area contributed by atoms with Gasteiger partial charge in [-0.05, 0) is 12.1 Å². The SMILES string of the molecule is COc1ccc(-c2nc(NC(=O)C(C)(C)C)n[nH]2)c(F)c1. The van der Waals surface area contributed by atoms with Gasteiger partial charge in [-0.25, -0.2) is 4.39 Å². The zero-order valence-electron chi connectivity index (χ0n) is 12.3. The van der Waals surface area contributed by atoms with E-state index in [0.29, 0.717) is 5.75 Å². The fraction of sp³-hybridized carbons (Fsp3) is 0.357. The minimum absolute atomic E-state index is 0.111. The monoisotopic (exact) mass is 292 g/mol. The van der Waals surface area contributed by atoms with Gasteiger partial charge in [-0.15, -0.1) is 5.10 Å². The van der Waals surface area contributed by atoms with Crippen molar-refractivity contribution in [3.63, 3.8) is 0 Å². The summed E-state index contributed by atoms with van der Waals surface area (Å²) in [5.41, 5.74) is -0.314. The lowest BCUT2D eigenvalue weighted by Crippen LogP contribution is -2.28. The number of rotatable bonds is 3. The number of amides is 1. The van der Waals surface area contributed by atoms with Crippen LogP contribution in [0, 0.1) is 11.2 Å². The van der Waals surface area contributed by atoms with Gasteiger partial charge in [0.2, 0.25) is 11.9 Å². The zero-order chi connectivity index (χ0) is 15.6. The summed E-state index contributed by atoms with van der Waals surface area (Å²) < 4.78 is 18.9. The highest BCUT2D eigenvalue weighted by Crippen LogP contribution is 2.24. The number of carbonyl (C=O) groups is 1. The van der Waals surface area contributed by atoms with E-state index in [1.165, 1.54) is 19.2 Å². The number of nitrogens with zero attached hydrogens (tertiary/aromatic N) is 2. The Bertz CT molecular complexity index is 661. The molecule has 21 heavy (non-hydrogen) atoms. The molecule has 1 aromatic carbocycles. The standard InChI is InChI=1S/C14H17FN4O2/c1-14(2,3)12(20)17-13-16-11(18-19-13)9-6-5-8(21-4)7-10(9)15/h5-7H,1-4H3,(H2,16,17,18,19,20). The molecule has 1 amide bonds. The van der Waals surface area contributed by atoms with Crippen molar-refractivity contribution in [2.45, 2.75) is 20.8 Å². The van der Waals surface area contributed by atoms with E-state index in [9.17, 15) is 9.18 Å². The van der Waals surface area contributed by atoms with Crippen LogP contribution in [0.25, 0.3) is 11.4 Å². The van der Waals surface area contributed by atoms with Crippen LogP contribution >= 0.6 is 0 Å². The molecule has 2 aromatic rings. The molecular weight excluding hydrogens is 275 g/mol. The first-order valence-electron chi connectivity index (χ1n) is 6.39. The molecule has 2 N–H and O–H groups in total. The number of ether oxygens (including phenoxy) is 1. The van der Waals surface area contributed by atoms with E-state index < -0.39 is 11.2 Å². The third-order valence-corrected chi connectivity index (χ3v) is 2.82. The number of methoxy groups -OCH3 is 1. The predicted molar refractivity (Wildman–Crippen MR) is 76.4 cm³/mol. The molecule has 0 spiro atoms. The van der Waals surface area contributed by atoms with Gasteiger partial charge >= 0.3 is 0 Å². The average molecular weight is 292 g/mol. The summed E-state index contributed by atoms with van der Waals surface area (Å²) in [4.78, 5) is 15.9. The maximum absolute atomic E-state index is 13.9. The Morgan fingerprint density at radius 2 is 2.10 bits per heavy atom. The third-order valence-electron chi connectivity index (χ3n) is 2.82. The maximum Gasteiger partial charge on any atom is 0.249 e. The van der Waals surface area contributed by atoms with E-state index >= 15 is 0 Å². The molecule has 0 radical (unpaired) electrons. The van der Waals surface area contributed by atoms with Gasteiger partial charge in [0, 0.05) is 11.5 Å². The number of hydrogen-bond acceptors (Lipinski definition) is 4. The van der Waals surface area contributed by atoms with Gasteiger partial charge < -0.3 is 4.74 Å². The summed E-state index contributed by atoms with van der Waals surface area (Å²) in [6.45, 7) is 5.33. The van der Waals surface area contributed by atoms with E-state index in [4.69, 9.17) is 4.74 Å². The summed E-state index contributed by atoms with van der Waals surface area (Å²) in [6.07, 6.45) is 0. The summed E-state index contributed by atoms with van der Waals surface area (Å²) >= 11 is 0. The smallest absolute Gasteiger partial charge is 0.249 e. The summed E-state index contributed by atoms with van der Waals surface area (Å²) in [5, 5.41) is 9.04. The number of anilines is 1. The third kappa shape index (κ3) is 3.36. The molecule has 0 aliphatic heterocycles. The fourth-order valence-corrected chi connectivity index (χ4v) is 1.54. The molecule has 0 saturated carbocycles. The molecule has 0 fully saturated rings. The van der Waals surface area contributed by atoms with Gasteiger partial charge in [0.15, 0.2) is 5.82 Å². The molecule has 0 atom stereocenters. The zero-order valence-corrected chi connectivity index (χ0v) is 12.3. The molecule has 0 bridgehead atoms. The molecule has 0 aliphatic rings. The molecule has 1 aromatic heterocycles. The second-order valence-electron chi connectivity index (χ2n) is 5.56. The van der Waals surface area contributed by atoms with Gasteiger partial charge in [-0.2, -0.15) is 4.98 Å². The van der Waals surface area contributed by atoms with Gasteiger partial charge in [0.1, 0.15) is 11.6 Å². The number of aromatic nitrogens is 3. The number of carbonyl (C=O) groups excluding carboxylic acids is 1. The molecule has 1 heterocycles. The van der Waals surface area contributed by atoms with E-state index in [1.54, 1.807) is 26.8 Å². The first-order valence-corrected chi connectivity index (χ1v) is 6.39. The van der Waals surface area contributed by atoms with Gasteiger partial charge in [0.25, 0.3) is 0 Å². The van der Waals surface area contributed by atoms with Crippen molar-refractivity contribution in [2.24, 2.45) is 5.41 Å². The van der Waals surface area contributed by atoms with Crippen LogP contribution in [0.2, 0.25) is 0 Å². The fourth-order valence-electron chi connectivity index (χ4n) is 1.54. The number of benzene rings is 1. The van der Waals surface area contributed by atoms with Crippen molar-refractivity contribution in [1.82, 2.24) is 15.2 Å². The lowest BCUT2D eigenvalue weighted by molar-refractivity contribution is -0.123. The Hall–Kier alpha value is -2.44. The normalized spacial score (nSPS) is 11.3. The predicted octanol–water partition coefficient (Wildman–Crippen LogP) is 2.60. The van der Waals surface area contributed by atoms with Crippen molar-refractivity contribution >= 4 is 11.9 Å². The van der Waals surface area contributed by atoms with Crippen LogP contribution in [0.4, 0.5) is 10.3 Å². The van der Waals surface area contributed by atoms with Crippen molar-refractivity contribution in [3.05, 3.63) is 24.0 Å². The average Bonchev–Trinajstić information content (AvgIpc) is 2.85. The Morgan fingerprint density at radius 3 is 2.67 bits per heavy atom. The largest absolute Gasteiger partial charge is 0.497 e. The van der Waals surface area contributed by atoms with Crippen LogP contribution in [0.5, 0.6) is 5.75 Å². The van der Waals surface area contributed by atoms with Crippen LogP contribution < -0.4 is 10.1 Å². The molecule has 7 heteroatoms. The molecule has 2 rings (SSSR count). The Balaban J connectivity index is 2.22. The highest BCUT2D eigenvalue weighted by atomic mass is 19.1. The first-order chi connectivity index (χ1) is 9.81. The van der Waals surface area contributed by atoms with Crippen LogP contribution in [0.3, 0.4) is 0 Å². The number of nitrogens with one attached hydrogen (secondary N) is 2. The molecule has 0 unspecified atom stereocenters. The molecule has 0 saturated heterocycles. The highest BCUT2D eigenvalue weighted by Gasteiger charge is 2.23. The number of H-pyrrole nitrogens is 1. The van der Waals surface area contributed by atoms with Gasteiger partial charge in [0.05, 0.1) is 12.7 Å². The molecular formula is C14H17FN4O2. The van der Waals surface area contributed by atoms with E-state index in [-0.39, 0.29) is 23.2 Å². The topological polar surface area (TPSA) is 79.9 Å². The number of aromatic amines is 1. The van der Waals surface area contributed by atoms with Crippen molar-refractivity contribution < 1.29 is 13.9 Å². The summed E-state index contributed by atoms with van der Waals surface area (Å²) in [5.74, 6) is 0.0546. The van der Waals surface area contributed by atoms with Crippen LogP contribution in [-0.2, 0) is 4.79 Å². The van der Waals surface area contributed by atoms with Crippen molar-refractivity contribution in [1.29, 1.82) is 0 Å². The lowest BCUT2D eigenvalue weighted by Gasteiger charge is -2.15. The molecule has 6 nitrogen and oxygen atoms in total. The van der Waals surface area contributed by atoms with Gasteiger partial charge in [-0.1, -0.05) is 20.8 Å². The second-order valence-corrected chi connectivity index (χ2v) is 5.56. The van der Waals surface area contributed by atoms with Gasteiger partial charge in [-0.3, -0.25) is 15.2 Å². The number of hydrogen-bond donors (Lipinski definition) is 2. The lowest BCUT2D eigenvalue weighted by atomic mass is 9.96. The minimum atomic E-state index is -0.563. The van der Waals surface area contributed by atoms with Crippen molar-refractivity contribution in [2.75, 3.05) is 12.4 Å². The maximum atomic E-state index is 13.9. The van der Waals surface area contributed by atoms with Crippen LogP contribution in [0.1, 0.15) is 20.8 Å². The van der Waals surface area contributed by atoms with E-state index in [1.807, 2.05) is 0 Å². The van der Waals surface area contributed by atoms with E-state index in [2.05, 4.69) is 20.5 Å². The quantitative estimate of drug-likeness (QED) is 0.911. The van der Waals surface area contributed by atoms with Crippen LogP contribution in [0.15, 0.2) is 18.2 Å². The Kier molecular flexibility index (Phi) is 3.93. The molecule has 0 aliphatic carbocycles. The second kappa shape index (κ2) is 5.51. The highest BCUT2D eigenvalue weighted by molar-refractivity contribution is 5.93. The van der Waals surface area contributed by atoms with Crippen molar-refractivity contribution in [3.8, 4) is 17.1 Å². The van der Waals surface area contributed by atoms with E-state index in [0.717, 1.165) is 0 Å². The Morgan fingerprint density at radius 1 is 1.38 bits per heavy atom. The number of halogens is 1. The molecule has 112 valence electrons. The summed E-state index contributed by atoms with van der Waals surface area (Å²) in [6, 6.07) is 4.41. The minimum Gasteiger partial charge on any atom is -0.497 e.